The molecule has 0 spiro atoms. The second kappa shape index (κ2) is 10.7. The van der Waals surface area contributed by atoms with E-state index in [2.05, 4.69) is 9.97 Å². The summed E-state index contributed by atoms with van der Waals surface area (Å²) in [6, 6.07) is 10.1. The van der Waals surface area contributed by atoms with E-state index in [4.69, 9.17) is 27.9 Å². The third-order valence-corrected chi connectivity index (χ3v) is 8.52. The molecule has 0 amide bonds. The normalized spacial score (nSPS) is 15.3. The molecule has 0 N–H and O–H groups in total. The molecule has 8 nitrogen and oxygen atoms in total. The largest absolute Gasteiger partial charge is 0.461 e. The van der Waals surface area contributed by atoms with Gasteiger partial charge in [-0.15, -0.1) is 0 Å². The molecule has 2 heterocycles. The van der Waals surface area contributed by atoms with Crippen LogP contribution in [-0.2, 0) is 21.2 Å². The van der Waals surface area contributed by atoms with Crippen molar-refractivity contribution in [2.75, 3.05) is 37.7 Å². The second-order valence-corrected chi connectivity index (χ2v) is 10.9. The second-order valence-electron chi connectivity index (χ2n) is 8.11. The van der Waals surface area contributed by atoms with Crippen molar-refractivity contribution in [2.24, 2.45) is 0 Å². The number of fused-ring (bicyclic) bond motifs is 1. The number of carbonyl (C=O) groups is 1. The number of hydrogen-bond acceptors (Lipinski definition) is 7. The molecule has 1 aromatic heterocycles. The first-order valence-corrected chi connectivity index (χ1v) is 13.6. The summed E-state index contributed by atoms with van der Waals surface area (Å²) >= 11 is 12.3. The Morgan fingerprint density at radius 1 is 0.971 bits per heavy atom. The van der Waals surface area contributed by atoms with Crippen LogP contribution in [-0.4, -0.2) is 61.4 Å². The summed E-state index contributed by atoms with van der Waals surface area (Å²) in [4.78, 5) is 24.0. The SMILES string of the molecule is CCOC(=O)c1nc2cc(Cl)c(Cl)cc2nc1N1CCCN(S(=O)(=O)c2ccc(CC)cc2)CC1. The lowest BCUT2D eigenvalue weighted by Gasteiger charge is -2.24. The third-order valence-electron chi connectivity index (χ3n) is 5.88. The van der Waals surface area contributed by atoms with Crippen LogP contribution < -0.4 is 4.90 Å². The molecule has 0 radical (unpaired) electrons. The number of nitrogens with zero attached hydrogens (tertiary/aromatic N) is 4. The van der Waals surface area contributed by atoms with Gasteiger partial charge in [0.1, 0.15) is 0 Å². The Hall–Kier alpha value is -2.46. The van der Waals surface area contributed by atoms with Crippen LogP contribution in [0.5, 0.6) is 0 Å². The summed E-state index contributed by atoms with van der Waals surface area (Å²) in [6.45, 7) is 5.34. The van der Waals surface area contributed by atoms with E-state index in [1.54, 1.807) is 31.2 Å². The number of ether oxygens (including phenoxy) is 1. The highest BCUT2D eigenvalue weighted by Crippen LogP contribution is 2.30. The van der Waals surface area contributed by atoms with Gasteiger partial charge in [-0.2, -0.15) is 4.31 Å². The quantitative estimate of drug-likeness (QED) is 0.425. The first kappa shape index (κ1) is 25.6. The maximum absolute atomic E-state index is 13.3. The molecule has 0 aliphatic carbocycles. The molecule has 0 atom stereocenters. The Morgan fingerprint density at radius 2 is 1.63 bits per heavy atom. The van der Waals surface area contributed by atoms with Crippen molar-refractivity contribution in [3.63, 3.8) is 0 Å². The molecule has 1 aliphatic heterocycles. The standard InChI is InChI=1S/C24H26Cl2N4O4S/c1-3-16-6-8-17(9-7-16)35(32,33)30-11-5-10-29(12-13-30)23-22(24(31)34-4-2)27-20-14-18(25)19(26)15-21(20)28-23/h6-9,14-15H,3-5,10-13H2,1-2H3. The Labute approximate surface area is 214 Å². The van der Waals surface area contributed by atoms with Gasteiger partial charge in [0.05, 0.1) is 32.6 Å². The molecule has 0 saturated carbocycles. The van der Waals surface area contributed by atoms with E-state index in [0.717, 1.165) is 12.0 Å². The summed E-state index contributed by atoms with van der Waals surface area (Å²) in [7, 11) is -3.65. The number of rotatable bonds is 6. The highest BCUT2D eigenvalue weighted by Gasteiger charge is 2.30. The minimum absolute atomic E-state index is 0.0594. The monoisotopic (exact) mass is 536 g/mol. The number of sulfonamides is 1. The van der Waals surface area contributed by atoms with Crippen molar-refractivity contribution in [3.8, 4) is 0 Å². The lowest BCUT2D eigenvalue weighted by Crippen LogP contribution is -2.36. The van der Waals surface area contributed by atoms with Crippen molar-refractivity contribution in [3.05, 3.63) is 57.7 Å². The predicted octanol–water partition coefficient (Wildman–Crippen LogP) is 4.58. The zero-order valence-electron chi connectivity index (χ0n) is 19.5. The van der Waals surface area contributed by atoms with Gasteiger partial charge in [0.25, 0.3) is 0 Å². The van der Waals surface area contributed by atoms with Crippen molar-refractivity contribution in [2.45, 2.75) is 31.6 Å². The summed E-state index contributed by atoms with van der Waals surface area (Å²) in [6.07, 6.45) is 1.39. The molecule has 11 heteroatoms. The summed E-state index contributed by atoms with van der Waals surface area (Å²) in [5.41, 5.74) is 2.03. The predicted molar refractivity (Wildman–Crippen MR) is 137 cm³/mol. The fraction of sp³-hybridized carbons (Fsp3) is 0.375. The molecule has 0 unspecified atom stereocenters. The number of halogens is 2. The number of anilines is 1. The van der Waals surface area contributed by atoms with Crippen molar-refractivity contribution in [1.29, 1.82) is 0 Å². The van der Waals surface area contributed by atoms with Gasteiger partial charge >= 0.3 is 5.97 Å². The third kappa shape index (κ3) is 5.38. The maximum atomic E-state index is 13.3. The minimum Gasteiger partial charge on any atom is -0.461 e. The van der Waals surface area contributed by atoms with E-state index >= 15 is 0 Å². The van der Waals surface area contributed by atoms with E-state index in [1.807, 2.05) is 24.0 Å². The number of carbonyl (C=O) groups excluding carboxylic acids is 1. The lowest BCUT2D eigenvalue weighted by atomic mass is 10.2. The molecular formula is C24H26Cl2N4O4S. The van der Waals surface area contributed by atoms with Crippen LogP contribution in [0.4, 0.5) is 5.82 Å². The average Bonchev–Trinajstić information content (AvgIpc) is 3.11. The van der Waals surface area contributed by atoms with Gasteiger partial charge in [-0.3, -0.25) is 0 Å². The number of hydrogen-bond donors (Lipinski definition) is 0. The first-order chi connectivity index (χ1) is 16.7. The topological polar surface area (TPSA) is 92.7 Å². The smallest absolute Gasteiger partial charge is 0.360 e. The Bertz CT molecular complexity index is 1350. The number of aryl methyl sites for hydroxylation is 1. The van der Waals surface area contributed by atoms with E-state index in [9.17, 15) is 13.2 Å². The molecular weight excluding hydrogens is 511 g/mol. The summed E-state index contributed by atoms with van der Waals surface area (Å²) in [5.74, 6) is -0.270. The van der Waals surface area contributed by atoms with Crippen LogP contribution in [0.15, 0.2) is 41.3 Å². The molecule has 0 bridgehead atoms. The number of benzene rings is 2. The Balaban J connectivity index is 1.65. The van der Waals surface area contributed by atoms with E-state index < -0.39 is 16.0 Å². The van der Waals surface area contributed by atoms with Gasteiger partial charge < -0.3 is 9.64 Å². The maximum Gasteiger partial charge on any atom is 0.360 e. The van der Waals surface area contributed by atoms with Gasteiger partial charge in [-0.25, -0.2) is 23.2 Å². The zero-order chi connectivity index (χ0) is 25.2. The molecule has 35 heavy (non-hydrogen) atoms. The molecule has 1 fully saturated rings. The van der Waals surface area contributed by atoms with Crippen LogP contribution in [0.2, 0.25) is 10.0 Å². The molecule has 4 rings (SSSR count). The van der Waals surface area contributed by atoms with Gasteiger partial charge in [0.2, 0.25) is 10.0 Å². The lowest BCUT2D eigenvalue weighted by molar-refractivity contribution is 0.0520. The molecule has 1 aliphatic rings. The fourth-order valence-electron chi connectivity index (χ4n) is 3.99. The first-order valence-electron chi connectivity index (χ1n) is 11.4. The molecule has 1 saturated heterocycles. The average molecular weight is 537 g/mol. The Kier molecular flexibility index (Phi) is 7.80. The highest BCUT2D eigenvalue weighted by molar-refractivity contribution is 7.89. The summed E-state index contributed by atoms with van der Waals surface area (Å²) in [5, 5.41) is 0.629. The highest BCUT2D eigenvalue weighted by atomic mass is 35.5. The Morgan fingerprint density at radius 3 is 2.26 bits per heavy atom. The van der Waals surface area contributed by atoms with Gasteiger partial charge in [-0.05, 0) is 49.6 Å². The fourth-order valence-corrected chi connectivity index (χ4v) is 5.78. The number of aromatic nitrogens is 2. The zero-order valence-corrected chi connectivity index (χ0v) is 21.8. The van der Waals surface area contributed by atoms with Crippen LogP contribution in [0, 0.1) is 0 Å². The molecule has 186 valence electrons. The van der Waals surface area contributed by atoms with Crippen LogP contribution in [0.3, 0.4) is 0 Å². The van der Waals surface area contributed by atoms with Crippen LogP contribution in [0.1, 0.15) is 36.3 Å². The van der Waals surface area contributed by atoms with Crippen molar-refractivity contribution >= 4 is 56.0 Å². The van der Waals surface area contributed by atoms with E-state index in [1.165, 1.54) is 4.31 Å². The van der Waals surface area contributed by atoms with Gasteiger partial charge in [-0.1, -0.05) is 42.3 Å². The number of esters is 1. The van der Waals surface area contributed by atoms with Gasteiger partial charge in [0, 0.05) is 26.2 Å². The van der Waals surface area contributed by atoms with Crippen molar-refractivity contribution < 1.29 is 17.9 Å². The minimum atomic E-state index is -3.65. The molecule has 2 aromatic carbocycles. The van der Waals surface area contributed by atoms with Crippen LogP contribution in [0.25, 0.3) is 11.0 Å². The van der Waals surface area contributed by atoms with Crippen molar-refractivity contribution in [1.82, 2.24) is 14.3 Å². The van der Waals surface area contributed by atoms with E-state index in [-0.39, 0.29) is 23.7 Å². The van der Waals surface area contributed by atoms with E-state index in [0.29, 0.717) is 53.0 Å². The van der Waals surface area contributed by atoms with Gasteiger partial charge in [0.15, 0.2) is 11.5 Å². The summed E-state index contributed by atoms with van der Waals surface area (Å²) < 4.78 is 33.2. The van der Waals surface area contributed by atoms with Crippen LogP contribution >= 0.6 is 23.2 Å². The molecule has 3 aromatic rings.